The third-order valence-corrected chi connectivity index (χ3v) is 3.46. The molecule has 0 N–H and O–H groups in total. The highest BCUT2D eigenvalue weighted by molar-refractivity contribution is 6.20. The van der Waals surface area contributed by atoms with Gasteiger partial charge in [0.15, 0.2) is 0 Å². The van der Waals surface area contributed by atoms with E-state index in [2.05, 4.69) is 40.7 Å². The van der Waals surface area contributed by atoms with Crippen LogP contribution in [0.15, 0.2) is 11.6 Å². The van der Waals surface area contributed by atoms with E-state index in [1.165, 1.54) is 5.57 Å². The fourth-order valence-corrected chi connectivity index (χ4v) is 2.98. The maximum atomic E-state index is 6.32. The second kappa shape index (κ2) is 3.31. The molecule has 0 radical (unpaired) electrons. The van der Waals surface area contributed by atoms with Gasteiger partial charge in [0, 0.05) is 5.38 Å². The number of rotatable bonds is 0. The Balaban J connectivity index is 2.99. The van der Waals surface area contributed by atoms with Gasteiger partial charge in [-0.25, -0.2) is 0 Å². The number of hydrogen-bond donors (Lipinski definition) is 0. The van der Waals surface area contributed by atoms with E-state index in [4.69, 9.17) is 11.6 Å². The normalized spacial score (nSPS) is 32.2. The van der Waals surface area contributed by atoms with Crippen molar-refractivity contribution in [2.75, 3.05) is 0 Å². The van der Waals surface area contributed by atoms with Crippen LogP contribution in [0.25, 0.3) is 0 Å². The standard InChI is InChI=1S/C12H21Cl/c1-9-6-11(2,3)7-10(13)8-12(9,4)5/h6,10H,7-8H2,1-5H3. The van der Waals surface area contributed by atoms with Crippen LogP contribution in [0.5, 0.6) is 0 Å². The second-order valence-corrected chi connectivity index (χ2v) is 6.32. The molecular weight excluding hydrogens is 180 g/mol. The molecule has 1 aliphatic carbocycles. The Labute approximate surface area is 87.4 Å². The van der Waals surface area contributed by atoms with Gasteiger partial charge >= 0.3 is 0 Å². The van der Waals surface area contributed by atoms with Crippen molar-refractivity contribution in [1.82, 2.24) is 0 Å². The van der Waals surface area contributed by atoms with Gasteiger partial charge in [-0.3, -0.25) is 0 Å². The molecule has 0 aromatic rings. The molecule has 76 valence electrons. The van der Waals surface area contributed by atoms with Crippen molar-refractivity contribution in [3.05, 3.63) is 11.6 Å². The van der Waals surface area contributed by atoms with Gasteiger partial charge < -0.3 is 0 Å². The van der Waals surface area contributed by atoms with Crippen molar-refractivity contribution < 1.29 is 0 Å². The highest BCUT2D eigenvalue weighted by atomic mass is 35.5. The quantitative estimate of drug-likeness (QED) is 0.402. The van der Waals surface area contributed by atoms with E-state index in [9.17, 15) is 0 Å². The molecule has 1 unspecified atom stereocenters. The van der Waals surface area contributed by atoms with Gasteiger partial charge in [0.05, 0.1) is 0 Å². The first-order valence-electron chi connectivity index (χ1n) is 5.07. The Hall–Kier alpha value is 0.0300. The summed E-state index contributed by atoms with van der Waals surface area (Å²) < 4.78 is 0. The molecule has 0 saturated heterocycles. The Kier molecular flexibility index (Phi) is 2.83. The van der Waals surface area contributed by atoms with E-state index in [0.29, 0.717) is 5.38 Å². The summed E-state index contributed by atoms with van der Waals surface area (Å²) >= 11 is 6.32. The molecule has 0 aromatic heterocycles. The number of hydrogen-bond acceptors (Lipinski definition) is 0. The van der Waals surface area contributed by atoms with Gasteiger partial charge in [0.2, 0.25) is 0 Å². The van der Waals surface area contributed by atoms with Crippen LogP contribution in [0.4, 0.5) is 0 Å². The summed E-state index contributed by atoms with van der Waals surface area (Å²) in [5.74, 6) is 0. The van der Waals surface area contributed by atoms with Crippen LogP contribution in [0, 0.1) is 10.8 Å². The van der Waals surface area contributed by atoms with Gasteiger partial charge in [0.25, 0.3) is 0 Å². The first-order chi connectivity index (χ1) is 5.73. The zero-order valence-corrected chi connectivity index (χ0v) is 10.2. The molecular formula is C12H21Cl. The molecule has 0 saturated carbocycles. The number of halogens is 1. The molecule has 0 nitrogen and oxygen atoms in total. The SMILES string of the molecule is CC1=CC(C)(C)CC(Cl)CC1(C)C. The zero-order chi connectivity index (χ0) is 10.3. The van der Waals surface area contributed by atoms with Crippen LogP contribution in [-0.4, -0.2) is 5.38 Å². The average Bonchev–Trinajstić information content (AvgIpc) is 1.85. The number of alkyl halides is 1. The Bertz CT molecular complexity index is 223. The minimum Gasteiger partial charge on any atom is -0.123 e. The highest BCUT2D eigenvalue weighted by Crippen LogP contribution is 2.43. The van der Waals surface area contributed by atoms with Crippen molar-refractivity contribution in [2.24, 2.45) is 10.8 Å². The van der Waals surface area contributed by atoms with Crippen LogP contribution in [0.2, 0.25) is 0 Å². The lowest BCUT2D eigenvalue weighted by atomic mass is 9.81. The van der Waals surface area contributed by atoms with Crippen molar-refractivity contribution in [3.8, 4) is 0 Å². The predicted octanol–water partition coefficient (Wildman–Crippen LogP) is 4.39. The first-order valence-corrected chi connectivity index (χ1v) is 5.51. The second-order valence-electron chi connectivity index (χ2n) is 5.71. The van der Waals surface area contributed by atoms with E-state index in [1.807, 2.05) is 0 Å². The lowest BCUT2D eigenvalue weighted by Gasteiger charge is -2.25. The van der Waals surface area contributed by atoms with Crippen molar-refractivity contribution >= 4 is 11.6 Å². The summed E-state index contributed by atoms with van der Waals surface area (Å²) in [6, 6.07) is 0. The molecule has 1 heteroatoms. The Morgan fingerprint density at radius 2 is 1.77 bits per heavy atom. The van der Waals surface area contributed by atoms with Gasteiger partial charge in [-0.1, -0.05) is 39.3 Å². The summed E-state index contributed by atoms with van der Waals surface area (Å²) in [6.07, 6.45) is 4.59. The predicted molar refractivity (Wildman–Crippen MR) is 60.2 cm³/mol. The summed E-state index contributed by atoms with van der Waals surface area (Å²) in [5.41, 5.74) is 2.03. The molecule has 0 aliphatic heterocycles. The average molecular weight is 201 g/mol. The van der Waals surface area contributed by atoms with Crippen molar-refractivity contribution in [3.63, 3.8) is 0 Å². The molecule has 0 aromatic carbocycles. The largest absolute Gasteiger partial charge is 0.123 e. The first kappa shape index (κ1) is 11.1. The lowest BCUT2D eigenvalue weighted by Crippen LogP contribution is -2.17. The summed E-state index contributed by atoms with van der Waals surface area (Å²) in [6.45, 7) is 11.3. The molecule has 13 heavy (non-hydrogen) atoms. The molecule has 0 spiro atoms. The molecule has 0 fully saturated rings. The van der Waals surface area contributed by atoms with Crippen molar-refractivity contribution in [1.29, 1.82) is 0 Å². The van der Waals surface area contributed by atoms with E-state index < -0.39 is 0 Å². The number of allylic oxidation sites excluding steroid dienone is 2. The third kappa shape index (κ3) is 2.74. The van der Waals surface area contributed by atoms with E-state index in [-0.39, 0.29) is 10.8 Å². The van der Waals surface area contributed by atoms with Gasteiger partial charge in [-0.2, -0.15) is 0 Å². The van der Waals surface area contributed by atoms with Crippen LogP contribution in [-0.2, 0) is 0 Å². The fourth-order valence-electron chi connectivity index (χ4n) is 2.20. The van der Waals surface area contributed by atoms with E-state index in [1.54, 1.807) is 0 Å². The van der Waals surface area contributed by atoms with Crippen LogP contribution >= 0.6 is 11.6 Å². The maximum Gasteiger partial charge on any atom is 0.0352 e. The van der Waals surface area contributed by atoms with Crippen LogP contribution < -0.4 is 0 Å². The summed E-state index contributed by atoms with van der Waals surface area (Å²) in [4.78, 5) is 0. The molecule has 0 bridgehead atoms. The third-order valence-electron chi connectivity index (χ3n) is 3.15. The lowest BCUT2D eigenvalue weighted by molar-refractivity contribution is 0.379. The smallest absolute Gasteiger partial charge is 0.0352 e. The molecule has 0 amide bonds. The zero-order valence-electron chi connectivity index (χ0n) is 9.45. The molecule has 1 rings (SSSR count). The van der Waals surface area contributed by atoms with Crippen molar-refractivity contribution in [2.45, 2.75) is 52.8 Å². The van der Waals surface area contributed by atoms with E-state index >= 15 is 0 Å². The minimum absolute atomic E-state index is 0.268. The van der Waals surface area contributed by atoms with Gasteiger partial charge in [0.1, 0.15) is 0 Å². The topological polar surface area (TPSA) is 0 Å². The molecule has 1 atom stereocenters. The Morgan fingerprint density at radius 3 is 2.31 bits per heavy atom. The Morgan fingerprint density at radius 1 is 1.23 bits per heavy atom. The molecule has 1 aliphatic rings. The maximum absolute atomic E-state index is 6.32. The summed E-state index contributed by atoms with van der Waals surface area (Å²) in [7, 11) is 0. The minimum atomic E-state index is 0.268. The van der Waals surface area contributed by atoms with E-state index in [0.717, 1.165) is 12.8 Å². The molecule has 0 heterocycles. The monoisotopic (exact) mass is 200 g/mol. The van der Waals surface area contributed by atoms with Crippen LogP contribution in [0.1, 0.15) is 47.5 Å². The highest BCUT2D eigenvalue weighted by Gasteiger charge is 2.32. The van der Waals surface area contributed by atoms with Gasteiger partial charge in [-0.15, -0.1) is 11.6 Å². The van der Waals surface area contributed by atoms with Crippen LogP contribution in [0.3, 0.4) is 0 Å². The fraction of sp³-hybridized carbons (Fsp3) is 0.833. The van der Waals surface area contributed by atoms with Gasteiger partial charge in [-0.05, 0) is 30.6 Å². The summed E-state index contributed by atoms with van der Waals surface area (Å²) in [5, 5.41) is 0.318.